The van der Waals surface area contributed by atoms with Gasteiger partial charge in [-0.3, -0.25) is 4.79 Å². The number of halogens is 2. The quantitative estimate of drug-likeness (QED) is 0.871. The van der Waals surface area contributed by atoms with Gasteiger partial charge in [0.05, 0.1) is 10.7 Å². The van der Waals surface area contributed by atoms with E-state index in [1.165, 1.54) is 35.7 Å². The molecule has 120 valence electrons. The minimum atomic E-state index is -0.435. The molecule has 3 rings (SSSR count). The molecule has 0 saturated carbocycles. The van der Waals surface area contributed by atoms with Gasteiger partial charge in [0.1, 0.15) is 11.9 Å². The molecule has 23 heavy (non-hydrogen) atoms. The number of hydrogen-bond donors (Lipinski definition) is 2. The molecule has 3 nitrogen and oxygen atoms in total. The summed E-state index contributed by atoms with van der Waals surface area (Å²) in [5.74, 6) is -0.656. The normalized spacial score (nSPS) is 14.2. The van der Waals surface area contributed by atoms with Crippen molar-refractivity contribution in [2.24, 2.45) is 0 Å². The van der Waals surface area contributed by atoms with Crippen molar-refractivity contribution in [1.29, 1.82) is 0 Å². The molecule has 2 N–H and O–H groups in total. The lowest BCUT2D eigenvalue weighted by Gasteiger charge is -2.16. The Labute approximate surface area is 139 Å². The van der Waals surface area contributed by atoms with Crippen LogP contribution in [0.4, 0.5) is 15.8 Å². The summed E-state index contributed by atoms with van der Waals surface area (Å²) in [7, 11) is 0. The lowest BCUT2D eigenvalue weighted by molar-refractivity contribution is -0.116. The molecule has 5 heteroatoms. The van der Waals surface area contributed by atoms with Crippen LogP contribution in [0.5, 0.6) is 0 Å². The monoisotopic (exact) mass is 332 g/mol. The summed E-state index contributed by atoms with van der Waals surface area (Å²) >= 11 is 5.93. The molecular weight excluding hydrogens is 315 g/mol. The molecule has 1 aliphatic carbocycles. The van der Waals surface area contributed by atoms with Gasteiger partial charge in [-0.1, -0.05) is 17.7 Å². The van der Waals surface area contributed by atoms with Crippen LogP contribution < -0.4 is 10.6 Å². The third-order valence-corrected chi connectivity index (χ3v) is 4.38. The molecular formula is C18H18ClFN2O. The maximum Gasteiger partial charge on any atom is 0.246 e. The van der Waals surface area contributed by atoms with Crippen LogP contribution in [0.1, 0.15) is 24.5 Å². The summed E-state index contributed by atoms with van der Waals surface area (Å²) in [5.41, 5.74) is 4.08. The Balaban J connectivity index is 1.65. The molecule has 0 spiro atoms. The second kappa shape index (κ2) is 6.59. The van der Waals surface area contributed by atoms with Crippen LogP contribution in [0, 0.1) is 5.82 Å². The van der Waals surface area contributed by atoms with Crippen LogP contribution in [-0.4, -0.2) is 11.9 Å². The molecule has 0 heterocycles. The van der Waals surface area contributed by atoms with E-state index in [1.54, 1.807) is 6.92 Å². The Morgan fingerprint density at radius 1 is 1.17 bits per heavy atom. The van der Waals surface area contributed by atoms with Gasteiger partial charge < -0.3 is 10.6 Å². The van der Waals surface area contributed by atoms with E-state index >= 15 is 0 Å². The number of nitrogens with one attached hydrogen (secondary N) is 2. The fourth-order valence-corrected chi connectivity index (χ4v) is 3.02. The first-order valence-corrected chi connectivity index (χ1v) is 8.05. The second-order valence-corrected chi connectivity index (χ2v) is 6.22. The maximum absolute atomic E-state index is 13.0. The molecule has 1 amide bonds. The van der Waals surface area contributed by atoms with Gasteiger partial charge in [-0.15, -0.1) is 0 Å². The summed E-state index contributed by atoms with van der Waals surface area (Å²) in [5, 5.41) is 6.09. The third-order valence-electron chi connectivity index (χ3n) is 4.06. The number of carbonyl (C=O) groups is 1. The van der Waals surface area contributed by atoms with E-state index in [1.807, 2.05) is 6.07 Å². The van der Waals surface area contributed by atoms with Crippen LogP contribution in [0.3, 0.4) is 0 Å². The lowest BCUT2D eigenvalue weighted by atomic mass is 10.1. The van der Waals surface area contributed by atoms with Crippen molar-refractivity contribution in [3.8, 4) is 0 Å². The first-order valence-electron chi connectivity index (χ1n) is 7.67. The van der Waals surface area contributed by atoms with E-state index in [4.69, 9.17) is 11.6 Å². The summed E-state index contributed by atoms with van der Waals surface area (Å²) < 4.78 is 13.0. The fourth-order valence-electron chi connectivity index (χ4n) is 2.81. The number of anilines is 2. The molecule has 1 unspecified atom stereocenters. The van der Waals surface area contributed by atoms with Crippen LogP contribution in [-0.2, 0) is 17.6 Å². The van der Waals surface area contributed by atoms with Crippen molar-refractivity contribution < 1.29 is 9.18 Å². The molecule has 0 bridgehead atoms. The van der Waals surface area contributed by atoms with E-state index in [9.17, 15) is 9.18 Å². The predicted molar refractivity (Wildman–Crippen MR) is 91.6 cm³/mol. The largest absolute Gasteiger partial charge is 0.374 e. The SMILES string of the molecule is CC(Nc1ccc2c(c1)CCC2)C(=O)Nc1ccc(F)cc1Cl. The highest BCUT2D eigenvalue weighted by molar-refractivity contribution is 6.33. The Morgan fingerprint density at radius 2 is 1.96 bits per heavy atom. The number of benzene rings is 2. The zero-order valence-electron chi connectivity index (χ0n) is 12.8. The highest BCUT2D eigenvalue weighted by Crippen LogP contribution is 2.26. The summed E-state index contributed by atoms with van der Waals surface area (Å²) in [6.07, 6.45) is 3.42. The smallest absolute Gasteiger partial charge is 0.246 e. The number of aryl methyl sites for hydroxylation is 2. The summed E-state index contributed by atoms with van der Waals surface area (Å²) in [6.45, 7) is 1.78. The number of fused-ring (bicyclic) bond motifs is 1. The lowest BCUT2D eigenvalue weighted by Crippen LogP contribution is -2.32. The van der Waals surface area contributed by atoms with Crippen molar-refractivity contribution >= 4 is 28.9 Å². The molecule has 2 aromatic carbocycles. The van der Waals surface area contributed by atoms with Crippen molar-refractivity contribution in [2.45, 2.75) is 32.2 Å². The molecule has 2 aromatic rings. The summed E-state index contributed by atoms with van der Waals surface area (Å²) in [4.78, 5) is 12.3. The number of hydrogen-bond acceptors (Lipinski definition) is 2. The number of amides is 1. The van der Waals surface area contributed by atoms with E-state index in [-0.39, 0.29) is 10.9 Å². The van der Waals surface area contributed by atoms with Gasteiger partial charge in [0, 0.05) is 5.69 Å². The Morgan fingerprint density at radius 3 is 2.74 bits per heavy atom. The van der Waals surface area contributed by atoms with Crippen LogP contribution >= 0.6 is 11.6 Å². The van der Waals surface area contributed by atoms with Crippen LogP contribution in [0.15, 0.2) is 36.4 Å². The first kappa shape index (κ1) is 15.8. The molecule has 1 aliphatic rings. The van der Waals surface area contributed by atoms with Crippen molar-refractivity contribution in [2.75, 3.05) is 10.6 Å². The predicted octanol–water partition coefficient (Wildman–Crippen LogP) is 4.41. The standard InChI is InChI=1S/C18H18ClFN2O/c1-11(18(23)22-17-8-6-14(20)10-16(17)19)21-15-7-5-12-3-2-4-13(12)9-15/h5-11,21H,2-4H2,1H3,(H,22,23). The van der Waals surface area contributed by atoms with Crippen molar-refractivity contribution in [3.63, 3.8) is 0 Å². The van der Waals surface area contributed by atoms with Crippen LogP contribution in [0.2, 0.25) is 5.02 Å². The van der Waals surface area contributed by atoms with Gasteiger partial charge in [-0.05, 0) is 67.6 Å². The zero-order chi connectivity index (χ0) is 16.4. The Hall–Kier alpha value is -2.07. The van der Waals surface area contributed by atoms with Gasteiger partial charge in [0.15, 0.2) is 0 Å². The molecule has 1 atom stereocenters. The minimum absolute atomic E-state index is 0.183. The van der Waals surface area contributed by atoms with Crippen LogP contribution in [0.25, 0.3) is 0 Å². The molecule has 0 aliphatic heterocycles. The van der Waals surface area contributed by atoms with Gasteiger partial charge in [-0.2, -0.15) is 0 Å². The topological polar surface area (TPSA) is 41.1 Å². The van der Waals surface area contributed by atoms with E-state index < -0.39 is 11.9 Å². The average molecular weight is 333 g/mol. The minimum Gasteiger partial charge on any atom is -0.374 e. The second-order valence-electron chi connectivity index (χ2n) is 5.82. The number of rotatable bonds is 4. The average Bonchev–Trinajstić information content (AvgIpc) is 2.97. The first-order chi connectivity index (χ1) is 11.0. The molecule has 0 aromatic heterocycles. The van der Waals surface area contributed by atoms with E-state index in [2.05, 4.69) is 22.8 Å². The van der Waals surface area contributed by atoms with Gasteiger partial charge in [0.25, 0.3) is 0 Å². The van der Waals surface area contributed by atoms with Crippen molar-refractivity contribution in [3.05, 3.63) is 58.4 Å². The van der Waals surface area contributed by atoms with E-state index in [0.717, 1.165) is 18.5 Å². The van der Waals surface area contributed by atoms with Gasteiger partial charge >= 0.3 is 0 Å². The Kier molecular flexibility index (Phi) is 4.53. The third kappa shape index (κ3) is 3.64. The maximum atomic E-state index is 13.0. The molecule has 0 saturated heterocycles. The summed E-state index contributed by atoms with van der Waals surface area (Å²) in [6, 6.07) is 9.69. The van der Waals surface area contributed by atoms with Crippen molar-refractivity contribution in [1.82, 2.24) is 0 Å². The fraction of sp³-hybridized carbons (Fsp3) is 0.278. The highest BCUT2D eigenvalue weighted by atomic mass is 35.5. The molecule has 0 fully saturated rings. The molecule has 0 radical (unpaired) electrons. The van der Waals surface area contributed by atoms with Gasteiger partial charge in [0.2, 0.25) is 5.91 Å². The Bertz CT molecular complexity index is 748. The number of carbonyl (C=O) groups excluding carboxylic acids is 1. The van der Waals surface area contributed by atoms with Gasteiger partial charge in [-0.25, -0.2) is 4.39 Å². The highest BCUT2D eigenvalue weighted by Gasteiger charge is 2.16. The zero-order valence-corrected chi connectivity index (χ0v) is 13.6. The van der Waals surface area contributed by atoms with E-state index in [0.29, 0.717) is 5.69 Å².